The Bertz CT molecular complexity index is 608. The first-order valence-corrected chi connectivity index (χ1v) is 8.16. The van der Waals surface area contributed by atoms with Crippen molar-refractivity contribution in [3.05, 3.63) is 59.8 Å². The molecule has 0 spiro atoms. The van der Waals surface area contributed by atoms with Crippen LogP contribution in [0.1, 0.15) is 43.1 Å². The zero-order valence-electron chi connectivity index (χ0n) is 14.1. The molecular weight excluding hydrogens is 286 g/mol. The van der Waals surface area contributed by atoms with Gasteiger partial charge >= 0.3 is 0 Å². The van der Waals surface area contributed by atoms with Gasteiger partial charge in [0, 0.05) is 25.3 Å². The summed E-state index contributed by atoms with van der Waals surface area (Å²) >= 11 is 0. The van der Waals surface area contributed by atoms with E-state index in [1.165, 1.54) is 5.56 Å². The molecule has 4 heteroatoms. The second-order valence-electron chi connectivity index (χ2n) is 5.87. The van der Waals surface area contributed by atoms with Crippen LogP contribution < -0.4 is 10.2 Å². The summed E-state index contributed by atoms with van der Waals surface area (Å²) in [7, 11) is 0. The topological polar surface area (TPSA) is 45.2 Å². The minimum absolute atomic E-state index is 0.0648. The van der Waals surface area contributed by atoms with Gasteiger partial charge in [-0.05, 0) is 38.0 Å². The van der Waals surface area contributed by atoms with Crippen molar-refractivity contribution in [2.45, 2.75) is 39.8 Å². The number of anilines is 1. The maximum atomic E-state index is 11.9. The summed E-state index contributed by atoms with van der Waals surface area (Å²) in [6, 6.07) is 14.4. The van der Waals surface area contributed by atoms with Crippen LogP contribution in [0.5, 0.6) is 0 Å². The van der Waals surface area contributed by atoms with E-state index in [2.05, 4.69) is 41.2 Å². The average molecular weight is 311 g/mol. The molecule has 0 radical (unpaired) electrons. The molecule has 1 N–H and O–H groups in total. The van der Waals surface area contributed by atoms with Crippen molar-refractivity contribution in [2.24, 2.45) is 0 Å². The Morgan fingerprint density at radius 2 is 1.91 bits per heavy atom. The molecule has 0 atom stereocenters. The number of nitrogens with one attached hydrogen (secondary N) is 1. The summed E-state index contributed by atoms with van der Waals surface area (Å²) in [6.07, 6.45) is 2.58. The number of hydrogen-bond donors (Lipinski definition) is 1. The van der Waals surface area contributed by atoms with E-state index in [1.54, 1.807) is 6.20 Å². The fraction of sp³-hybridized carbons (Fsp3) is 0.368. The van der Waals surface area contributed by atoms with E-state index >= 15 is 0 Å². The first-order valence-electron chi connectivity index (χ1n) is 8.16. The lowest BCUT2D eigenvalue weighted by Gasteiger charge is -2.28. The molecule has 0 unspecified atom stereocenters. The van der Waals surface area contributed by atoms with Crippen LogP contribution in [0.3, 0.4) is 0 Å². The molecule has 2 aromatic rings. The zero-order valence-corrected chi connectivity index (χ0v) is 14.1. The summed E-state index contributed by atoms with van der Waals surface area (Å²) in [5.41, 5.74) is 1.85. The standard InChI is InChI=1S/C19H25N3O/c1-4-12-20-19(23)17-10-11-18(21-13-17)22(15(2)3)14-16-8-6-5-7-9-16/h5-11,13,15H,4,12,14H2,1-3H3,(H,20,23). The Hall–Kier alpha value is -2.36. The number of pyridine rings is 1. The highest BCUT2D eigenvalue weighted by molar-refractivity contribution is 5.94. The Balaban J connectivity index is 2.12. The smallest absolute Gasteiger partial charge is 0.252 e. The second-order valence-corrected chi connectivity index (χ2v) is 5.87. The van der Waals surface area contributed by atoms with Crippen molar-refractivity contribution < 1.29 is 4.79 Å². The fourth-order valence-corrected chi connectivity index (χ4v) is 2.34. The quantitative estimate of drug-likeness (QED) is 0.849. The molecule has 0 aliphatic rings. The Labute approximate surface area is 138 Å². The van der Waals surface area contributed by atoms with Crippen molar-refractivity contribution in [1.82, 2.24) is 10.3 Å². The Morgan fingerprint density at radius 1 is 1.17 bits per heavy atom. The van der Waals surface area contributed by atoms with Gasteiger partial charge in [0.25, 0.3) is 5.91 Å². The minimum Gasteiger partial charge on any atom is -0.352 e. The van der Waals surface area contributed by atoms with Crippen LogP contribution in [-0.2, 0) is 6.54 Å². The molecule has 2 rings (SSSR count). The van der Waals surface area contributed by atoms with Gasteiger partial charge in [-0.2, -0.15) is 0 Å². The molecule has 4 nitrogen and oxygen atoms in total. The summed E-state index contributed by atoms with van der Waals surface area (Å²) in [4.78, 5) is 18.7. The molecule has 0 bridgehead atoms. The van der Waals surface area contributed by atoms with Crippen molar-refractivity contribution >= 4 is 11.7 Å². The lowest BCUT2D eigenvalue weighted by Crippen LogP contribution is -2.31. The zero-order chi connectivity index (χ0) is 16.7. The highest BCUT2D eigenvalue weighted by Gasteiger charge is 2.13. The van der Waals surface area contributed by atoms with E-state index in [9.17, 15) is 4.79 Å². The lowest BCUT2D eigenvalue weighted by atomic mass is 10.2. The molecule has 0 fully saturated rings. The average Bonchev–Trinajstić information content (AvgIpc) is 2.58. The Morgan fingerprint density at radius 3 is 2.48 bits per heavy atom. The van der Waals surface area contributed by atoms with Gasteiger partial charge in [-0.15, -0.1) is 0 Å². The molecule has 23 heavy (non-hydrogen) atoms. The van der Waals surface area contributed by atoms with Gasteiger partial charge in [-0.1, -0.05) is 37.3 Å². The number of nitrogens with zero attached hydrogens (tertiary/aromatic N) is 2. The molecule has 0 saturated heterocycles. The molecule has 1 aromatic carbocycles. The summed E-state index contributed by atoms with van der Waals surface area (Å²) < 4.78 is 0. The van der Waals surface area contributed by atoms with Crippen molar-refractivity contribution in [3.63, 3.8) is 0 Å². The van der Waals surface area contributed by atoms with Gasteiger partial charge in [-0.25, -0.2) is 4.98 Å². The SMILES string of the molecule is CCCNC(=O)c1ccc(N(Cc2ccccc2)C(C)C)nc1. The van der Waals surface area contributed by atoms with Crippen LogP contribution in [0.25, 0.3) is 0 Å². The van der Waals surface area contributed by atoms with E-state index in [4.69, 9.17) is 0 Å². The number of rotatable bonds is 7. The number of carbonyl (C=O) groups excluding carboxylic acids is 1. The maximum absolute atomic E-state index is 11.9. The highest BCUT2D eigenvalue weighted by atomic mass is 16.1. The number of amides is 1. The lowest BCUT2D eigenvalue weighted by molar-refractivity contribution is 0.0953. The van der Waals surface area contributed by atoms with Crippen LogP contribution in [0.2, 0.25) is 0 Å². The van der Waals surface area contributed by atoms with Crippen LogP contribution in [0, 0.1) is 0 Å². The monoisotopic (exact) mass is 311 g/mol. The van der Waals surface area contributed by atoms with E-state index in [0.717, 1.165) is 18.8 Å². The van der Waals surface area contributed by atoms with Gasteiger partial charge in [-0.3, -0.25) is 4.79 Å². The van der Waals surface area contributed by atoms with Crippen molar-refractivity contribution in [3.8, 4) is 0 Å². The minimum atomic E-state index is -0.0648. The van der Waals surface area contributed by atoms with Gasteiger partial charge in [0.05, 0.1) is 5.56 Å². The molecule has 0 aliphatic heterocycles. The van der Waals surface area contributed by atoms with Crippen LogP contribution >= 0.6 is 0 Å². The van der Waals surface area contributed by atoms with Crippen LogP contribution in [0.4, 0.5) is 5.82 Å². The normalized spacial score (nSPS) is 10.6. The van der Waals surface area contributed by atoms with Crippen molar-refractivity contribution in [2.75, 3.05) is 11.4 Å². The molecule has 122 valence electrons. The first-order chi connectivity index (χ1) is 11.1. The third kappa shape index (κ3) is 4.81. The predicted molar refractivity (Wildman–Crippen MR) is 94.6 cm³/mol. The summed E-state index contributed by atoms with van der Waals surface area (Å²) in [5, 5.41) is 2.87. The third-order valence-electron chi connectivity index (χ3n) is 3.66. The molecule has 0 aliphatic carbocycles. The summed E-state index contributed by atoms with van der Waals surface area (Å²) in [5.74, 6) is 0.820. The summed E-state index contributed by atoms with van der Waals surface area (Å²) in [6.45, 7) is 7.81. The molecule has 1 amide bonds. The molecule has 1 aromatic heterocycles. The first kappa shape index (κ1) is 17.0. The molecule has 1 heterocycles. The second kappa shape index (κ2) is 8.32. The Kier molecular flexibility index (Phi) is 6.15. The molecular formula is C19H25N3O. The van der Waals surface area contributed by atoms with Gasteiger partial charge < -0.3 is 10.2 Å². The van der Waals surface area contributed by atoms with Gasteiger partial charge in [0.2, 0.25) is 0 Å². The van der Waals surface area contributed by atoms with E-state index in [1.807, 2.05) is 37.3 Å². The maximum Gasteiger partial charge on any atom is 0.252 e. The van der Waals surface area contributed by atoms with E-state index in [-0.39, 0.29) is 5.91 Å². The third-order valence-corrected chi connectivity index (χ3v) is 3.66. The number of carbonyl (C=O) groups is 1. The van der Waals surface area contributed by atoms with E-state index in [0.29, 0.717) is 18.2 Å². The van der Waals surface area contributed by atoms with Gasteiger partial charge in [0.15, 0.2) is 0 Å². The molecule has 0 saturated carbocycles. The van der Waals surface area contributed by atoms with Crippen LogP contribution in [0.15, 0.2) is 48.7 Å². The number of benzene rings is 1. The predicted octanol–water partition coefficient (Wildman–Crippen LogP) is 3.64. The van der Waals surface area contributed by atoms with E-state index < -0.39 is 0 Å². The largest absolute Gasteiger partial charge is 0.352 e. The highest BCUT2D eigenvalue weighted by Crippen LogP contribution is 2.18. The number of hydrogen-bond acceptors (Lipinski definition) is 3. The number of aromatic nitrogens is 1. The van der Waals surface area contributed by atoms with Crippen LogP contribution in [-0.4, -0.2) is 23.5 Å². The van der Waals surface area contributed by atoms with Gasteiger partial charge in [0.1, 0.15) is 5.82 Å². The van der Waals surface area contributed by atoms with Crippen molar-refractivity contribution in [1.29, 1.82) is 0 Å². The fourth-order valence-electron chi connectivity index (χ4n) is 2.34.